The molecule has 2 aliphatic rings. The number of fused-ring (bicyclic) bond motifs is 1. The maximum Gasteiger partial charge on any atom is 0.346 e. The molecule has 8 nitrogen and oxygen atoms in total. The fourth-order valence-electron chi connectivity index (χ4n) is 4.28. The third-order valence-corrected chi connectivity index (χ3v) is 6.65. The zero-order valence-electron chi connectivity index (χ0n) is 17.1. The molecule has 2 aliphatic heterocycles. The van der Waals surface area contributed by atoms with Crippen LogP contribution in [-0.4, -0.2) is 55.8 Å². The van der Waals surface area contributed by atoms with Crippen molar-refractivity contribution in [3.8, 4) is 0 Å². The highest BCUT2D eigenvalue weighted by Crippen LogP contribution is 2.14. The van der Waals surface area contributed by atoms with E-state index in [2.05, 4.69) is 20.3 Å². The Bertz CT molecular complexity index is 893. The Morgan fingerprint density at radius 3 is 2.72 bits per heavy atom. The molecular weight excluding hydrogens is 388 g/mol. The number of hydrogen-bond acceptors (Lipinski definition) is 6. The Labute approximate surface area is 174 Å². The summed E-state index contributed by atoms with van der Waals surface area (Å²) in [5.74, 6) is 0.916. The smallest absolute Gasteiger partial charge is 0.346 e. The minimum atomic E-state index is -0.0813. The molecule has 0 radical (unpaired) electrons. The molecule has 2 aromatic heterocycles. The van der Waals surface area contributed by atoms with E-state index < -0.39 is 0 Å². The molecule has 1 fully saturated rings. The van der Waals surface area contributed by atoms with Crippen molar-refractivity contribution in [3.63, 3.8) is 0 Å². The van der Waals surface area contributed by atoms with Gasteiger partial charge in [0.25, 0.3) is 0 Å². The van der Waals surface area contributed by atoms with Gasteiger partial charge in [-0.3, -0.25) is 14.3 Å². The normalized spacial score (nSPS) is 20.7. The van der Waals surface area contributed by atoms with E-state index in [0.717, 1.165) is 42.5 Å². The standard InChI is InChI=1S/C20H30N6O2S/c1-15-21-17(14-29-15)12-26-20(28)25-11-8-16(6-7-18(25)23-26)22-19(27)13-24-9-4-2-3-5-10-24/h14,16H,2-13H2,1H3,(H,22,27). The lowest BCUT2D eigenvalue weighted by Crippen LogP contribution is -2.42. The van der Waals surface area contributed by atoms with Crippen molar-refractivity contribution in [2.75, 3.05) is 19.6 Å². The Morgan fingerprint density at radius 2 is 2.00 bits per heavy atom. The molecule has 1 amide bonds. The number of amides is 1. The second kappa shape index (κ2) is 9.21. The third-order valence-electron chi connectivity index (χ3n) is 5.83. The van der Waals surface area contributed by atoms with Gasteiger partial charge in [-0.25, -0.2) is 14.5 Å². The predicted molar refractivity (Wildman–Crippen MR) is 112 cm³/mol. The van der Waals surface area contributed by atoms with E-state index in [1.165, 1.54) is 30.4 Å². The number of hydrogen-bond donors (Lipinski definition) is 1. The van der Waals surface area contributed by atoms with Crippen LogP contribution in [0, 0.1) is 6.92 Å². The number of aryl methyl sites for hydroxylation is 2. The van der Waals surface area contributed by atoms with E-state index in [4.69, 9.17) is 0 Å². The number of nitrogens with one attached hydrogen (secondary N) is 1. The van der Waals surface area contributed by atoms with Gasteiger partial charge in [-0.1, -0.05) is 12.8 Å². The van der Waals surface area contributed by atoms with E-state index >= 15 is 0 Å². The van der Waals surface area contributed by atoms with Crippen LogP contribution < -0.4 is 11.0 Å². The van der Waals surface area contributed by atoms with Crippen molar-refractivity contribution in [2.24, 2.45) is 0 Å². The van der Waals surface area contributed by atoms with Gasteiger partial charge in [-0.2, -0.15) is 5.10 Å². The molecule has 0 saturated carbocycles. The van der Waals surface area contributed by atoms with Crippen LogP contribution in [0.15, 0.2) is 10.2 Å². The van der Waals surface area contributed by atoms with Crippen LogP contribution in [0.25, 0.3) is 0 Å². The summed E-state index contributed by atoms with van der Waals surface area (Å²) < 4.78 is 3.28. The van der Waals surface area contributed by atoms with E-state index in [9.17, 15) is 9.59 Å². The molecule has 1 saturated heterocycles. The Hall–Kier alpha value is -2.00. The van der Waals surface area contributed by atoms with Crippen molar-refractivity contribution < 1.29 is 4.79 Å². The molecule has 1 unspecified atom stereocenters. The maximum absolute atomic E-state index is 12.7. The first-order valence-electron chi connectivity index (χ1n) is 10.7. The van der Waals surface area contributed by atoms with Crippen molar-refractivity contribution in [3.05, 3.63) is 32.4 Å². The summed E-state index contributed by atoms with van der Waals surface area (Å²) in [6.07, 6.45) is 7.19. The number of nitrogens with zero attached hydrogens (tertiary/aromatic N) is 5. The van der Waals surface area contributed by atoms with Crippen LogP contribution in [0.5, 0.6) is 0 Å². The molecule has 0 bridgehead atoms. The van der Waals surface area contributed by atoms with E-state index in [-0.39, 0.29) is 17.6 Å². The average molecular weight is 419 g/mol. The molecule has 1 atom stereocenters. The van der Waals surface area contributed by atoms with Crippen LogP contribution in [0.4, 0.5) is 0 Å². The summed E-state index contributed by atoms with van der Waals surface area (Å²) in [7, 11) is 0. The van der Waals surface area contributed by atoms with Gasteiger partial charge in [-0.05, 0) is 45.7 Å². The third kappa shape index (κ3) is 5.14. The molecule has 0 aliphatic carbocycles. The Morgan fingerprint density at radius 1 is 1.21 bits per heavy atom. The van der Waals surface area contributed by atoms with Crippen molar-refractivity contribution >= 4 is 17.2 Å². The summed E-state index contributed by atoms with van der Waals surface area (Å²) in [6.45, 7) is 5.50. The SMILES string of the molecule is Cc1nc(Cn2nc3n(c2=O)CCC(NC(=O)CN2CCCCCC2)CC3)cs1. The average Bonchev–Trinajstić information content (AvgIpc) is 3.02. The summed E-state index contributed by atoms with van der Waals surface area (Å²) >= 11 is 1.58. The molecule has 9 heteroatoms. The van der Waals surface area contributed by atoms with Crippen molar-refractivity contribution in [1.82, 2.24) is 29.5 Å². The largest absolute Gasteiger partial charge is 0.352 e. The molecule has 1 N–H and O–H groups in total. The molecule has 0 spiro atoms. The minimum Gasteiger partial charge on any atom is -0.352 e. The van der Waals surface area contributed by atoms with Crippen LogP contribution in [-0.2, 0) is 24.3 Å². The highest BCUT2D eigenvalue weighted by molar-refractivity contribution is 7.09. The first kappa shape index (κ1) is 20.3. The van der Waals surface area contributed by atoms with Gasteiger partial charge in [-0.15, -0.1) is 11.3 Å². The second-order valence-electron chi connectivity index (χ2n) is 8.15. The summed E-state index contributed by atoms with van der Waals surface area (Å²) in [6, 6.07) is 0.102. The fourth-order valence-corrected chi connectivity index (χ4v) is 4.88. The summed E-state index contributed by atoms with van der Waals surface area (Å²) in [5, 5.41) is 10.7. The molecule has 4 heterocycles. The number of thiazole rings is 1. The lowest BCUT2D eigenvalue weighted by Gasteiger charge is -2.22. The monoisotopic (exact) mass is 418 g/mol. The van der Waals surface area contributed by atoms with Gasteiger partial charge in [0, 0.05) is 24.4 Å². The second-order valence-corrected chi connectivity index (χ2v) is 9.21. The number of rotatable bonds is 5. The van der Waals surface area contributed by atoms with Gasteiger partial charge in [0.2, 0.25) is 5.91 Å². The van der Waals surface area contributed by atoms with Gasteiger partial charge >= 0.3 is 5.69 Å². The number of aromatic nitrogens is 4. The van der Waals surface area contributed by atoms with Crippen LogP contribution in [0.2, 0.25) is 0 Å². The molecule has 2 aromatic rings. The molecule has 29 heavy (non-hydrogen) atoms. The van der Waals surface area contributed by atoms with Crippen molar-refractivity contribution in [1.29, 1.82) is 0 Å². The zero-order chi connectivity index (χ0) is 20.2. The molecule has 4 rings (SSSR count). The van der Waals surface area contributed by atoms with Crippen LogP contribution in [0.1, 0.15) is 55.1 Å². The minimum absolute atomic E-state index is 0.0813. The van der Waals surface area contributed by atoms with Gasteiger partial charge < -0.3 is 5.32 Å². The van der Waals surface area contributed by atoms with Crippen molar-refractivity contribution in [2.45, 2.75) is 71.0 Å². The first-order valence-corrected chi connectivity index (χ1v) is 11.6. The summed E-state index contributed by atoms with van der Waals surface area (Å²) in [5.41, 5.74) is 0.795. The Kier molecular flexibility index (Phi) is 6.44. The maximum atomic E-state index is 12.7. The van der Waals surface area contributed by atoms with Gasteiger partial charge in [0.05, 0.1) is 23.8 Å². The first-order chi connectivity index (χ1) is 14.1. The van der Waals surface area contributed by atoms with Gasteiger partial charge in [0.1, 0.15) is 5.82 Å². The lowest BCUT2D eigenvalue weighted by molar-refractivity contribution is -0.123. The quantitative estimate of drug-likeness (QED) is 0.796. The van der Waals surface area contributed by atoms with Gasteiger partial charge in [0.15, 0.2) is 0 Å². The highest BCUT2D eigenvalue weighted by atomic mass is 32.1. The van der Waals surface area contributed by atoms with E-state index in [0.29, 0.717) is 26.1 Å². The number of carbonyl (C=O) groups is 1. The van der Waals surface area contributed by atoms with E-state index in [1.54, 1.807) is 15.9 Å². The van der Waals surface area contributed by atoms with Crippen LogP contribution >= 0.6 is 11.3 Å². The van der Waals surface area contributed by atoms with E-state index in [1.807, 2.05) is 12.3 Å². The zero-order valence-corrected chi connectivity index (χ0v) is 17.9. The molecule has 0 aromatic carbocycles. The lowest BCUT2D eigenvalue weighted by atomic mass is 10.1. The topological polar surface area (TPSA) is 85.0 Å². The Balaban J connectivity index is 1.32. The number of likely N-dealkylation sites (tertiary alicyclic amines) is 1. The highest BCUT2D eigenvalue weighted by Gasteiger charge is 2.23. The number of carbonyl (C=O) groups excluding carboxylic acids is 1. The summed E-state index contributed by atoms with van der Waals surface area (Å²) in [4.78, 5) is 31.9. The molecule has 158 valence electrons. The fraction of sp³-hybridized carbons (Fsp3) is 0.700. The predicted octanol–water partition coefficient (Wildman–Crippen LogP) is 1.56. The molecular formula is C20H30N6O2S. The van der Waals surface area contributed by atoms with Crippen LogP contribution in [0.3, 0.4) is 0 Å².